The predicted octanol–water partition coefficient (Wildman–Crippen LogP) is 3.61. The number of phenolic OH excluding ortho intramolecular Hbond substituents is 1. The van der Waals surface area contributed by atoms with Crippen LogP contribution in [0.25, 0.3) is 0 Å². The van der Waals surface area contributed by atoms with Crippen LogP contribution in [-0.4, -0.2) is 47.6 Å². The molecule has 0 saturated carbocycles. The molecule has 1 atom stereocenters. The highest BCUT2D eigenvalue weighted by molar-refractivity contribution is 5.27. The molecule has 1 unspecified atom stereocenters. The summed E-state index contributed by atoms with van der Waals surface area (Å²) >= 11 is 0. The molecule has 130 valence electrons. The normalized spacial score (nSPS) is 17.9. The number of phenols is 1. The minimum Gasteiger partial charge on any atom is -0.508 e. The Balaban J connectivity index is 1.40. The number of piperazine rings is 1. The number of rotatable bonds is 6. The van der Waals surface area contributed by atoms with Crippen LogP contribution in [0.4, 0.5) is 0 Å². The number of furan rings is 1. The molecule has 4 heteroatoms. The van der Waals surface area contributed by atoms with E-state index in [2.05, 4.69) is 28.9 Å². The summed E-state index contributed by atoms with van der Waals surface area (Å²) in [6.45, 7) is 10.7. The molecular weight excluding hydrogens is 300 g/mol. The predicted molar refractivity (Wildman–Crippen MR) is 96.3 cm³/mol. The summed E-state index contributed by atoms with van der Waals surface area (Å²) in [5, 5.41) is 9.57. The Labute approximate surface area is 144 Å². The van der Waals surface area contributed by atoms with Crippen molar-refractivity contribution in [3.05, 3.63) is 53.5 Å². The van der Waals surface area contributed by atoms with Crippen molar-refractivity contribution in [3.63, 3.8) is 0 Å². The SMILES string of the molecule is Cc1ccc(C(C)CCN2CCN(Cc3cccc(O)c3)CC2)o1. The third-order valence-electron chi connectivity index (χ3n) is 4.91. The molecule has 2 aromatic rings. The van der Waals surface area contributed by atoms with Crippen molar-refractivity contribution in [2.24, 2.45) is 0 Å². The van der Waals surface area contributed by atoms with Crippen molar-refractivity contribution in [2.75, 3.05) is 32.7 Å². The van der Waals surface area contributed by atoms with Gasteiger partial charge in [-0.2, -0.15) is 0 Å². The first-order chi connectivity index (χ1) is 11.6. The number of hydrogen-bond donors (Lipinski definition) is 1. The van der Waals surface area contributed by atoms with E-state index in [0.29, 0.717) is 11.7 Å². The highest BCUT2D eigenvalue weighted by Crippen LogP contribution is 2.22. The molecule has 24 heavy (non-hydrogen) atoms. The van der Waals surface area contributed by atoms with E-state index in [1.54, 1.807) is 6.07 Å². The maximum atomic E-state index is 9.57. The second kappa shape index (κ2) is 7.86. The Morgan fingerprint density at radius 2 is 1.83 bits per heavy atom. The van der Waals surface area contributed by atoms with Crippen molar-refractivity contribution in [1.82, 2.24) is 9.80 Å². The summed E-state index contributed by atoms with van der Waals surface area (Å²) < 4.78 is 5.73. The van der Waals surface area contributed by atoms with Gasteiger partial charge in [-0.25, -0.2) is 0 Å². The topological polar surface area (TPSA) is 39.9 Å². The fraction of sp³-hybridized carbons (Fsp3) is 0.500. The minimum atomic E-state index is 0.355. The van der Waals surface area contributed by atoms with Gasteiger partial charge in [-0.15, -0.1) is 0 Å². The first-order valence-electron chi connectivity index (χ1n) is 8.89. The van der Waals surface area contributed by atoms with E-state index in [0.717, 1.165) is 57.2 Å². The quantitative estimate of drug-likeness (QED) is 0.879. The van der Waals surface area contributed by atoms with Crippen molar-refractivity contribution >= 4 is 0 Å². The van der Waals surface area contributed by atoms with Gasteiger partial charge < -0.3 is 14.4 Å². The second-order valence-electron chi connectivity index (χ2n) is 6.93. The molecule has 4 nitrogen and oxygen atoms in total. The van der Waals surface area contributed by atoms with Crippen molar-refractivity contribution < 1.29 is 9.52 Å². The van der Waals surface area contributed by atoms with E-state index in [-0.39, 0.29) is 0 Å². The smallest absolute Gasteiger partial charge is 0.115 e. The number of nitrogens with zero attached hydrogens (tertiary/aromatic N) is 2. The largest absolute Gasteiger partial charge is 0.508 e. The summed E-state index contributed by atoms with van der Waals surface area (Å²) in [5.74, 6) is 2.93. The second-order valence-corrected chi connectivity index (χ2v) is 6.93. The fourth-order valence-corrected chi connectivity index (χ4v) is 3.32. The van der Waals surface area contributed by atoms with Gasteiger partial charge in [0.15, 0.2) is 0 Å². The van der Waals surface area contributed by atoms with Crippen LogP contribution in [0, 0.1) is 6.92 Å². The molecule has 0 amide bonds. The lowest BCUT2D eigenvalue weighted by Gasteiger charge is -2.35. The third kappa shape index (κ3) is 4.62. The lowest BCUT2D eigenvalue weighted by atomic mass is 10.0. The minimum absolute atomic E-state index is 0.355. The van der Waals surface area contributed by atoms with Crippen LogP contribution in [-0.2, 0) is 6.54 Å². The Morgan fingerprint density at radius 1 is 1.08 bits per heavy atom. The van der Waals surface area contributed by atoms with Gasteiger partial charge in [-0.1, -0.05) is 19.1 Å². The molecule has 1 N–H and O–H groups in total. The van der Waals surface area contributed by atoms with Crippen molar-refractivity contribution in [3.8, 4) is 5.75 Å². The van der Waals surface area contributed by atoms with Crippen LogP contribution in [0.15, 0.2) is 40.8 Å². The highest BCUT2D eigenvalue weighted by Gasteiger charge is 2.18. The lowest BCUT2D eigenvalue weighted by molar-refractivity contribution is 0.124. The van der Waals surface area contributed by atoms with E-state index >= 15 is 0 Å². The monoisotopic (exact) mass is 328 g/mol. The summed E-state index contributed by atoms with van der Waals surface area (Å²) in [6.07, 6.45) is 1.14. The molecule has 0 bridgehead atoms. The summed E-state index contributed by atoms with van der Waals surface area (Å²) in [6, 6.07) is 11.7. The maximum absolute atomic E-state index is 9.57. The van der Waals surface area contributed by atoms with E-state index < -0.39 is 0 Å². The van der Waals surface area contributed by atoms with Gasteiger partial charge in [0.2, 0.25) is 0 Å². The molecular formula is C20H28N2O2. The van der Waals surface area contributed by atoms with Crippen LogP contribution in [0.1, 0.15) is 36.3 Å². The standard InChI is InChI=1S/C20H28N2O2/c1-16(20-7-6-17(2)24-20)8-9-21-10-12-22(13-11-21)15-18-4-3-5-19(23)14-18/h3-7,14,16,23H,8-13,15H2,1-2H3. The molecule has 1 aromatic carbocycles. The van der Waals surface area contributed by atoms with Crippen molar-refractivity contribution in [1.29, 1.82) is 0 Å². The molecule has 1 aliphatic heterocycles. The average Bonchev–Trinajstić information content (AvgIpc) is 3.01. The van der Waals surface area contributed by atoms with Gasteiger partial charge in [0.1, 0.15) is 17.3 Å². The fourth-order valence-electron chi connectivity index (χ4n) is 3.32. The Hall–Kier alpha value is -1.78. The Morgan fingerprint density at radius 3 is 2.50 bits per heavy atom. The van der Waals surface area contributed by atoms with E-state index in [9.17, 15) is 5.11 Å². The molecule has 2 heterocycles. The molecule has 0 radical (unpaired) electrons. The molecule has 1 fully saturated rings. The van der Waals surface area contributed by atoms with Gasteiger partial charge in [0.05, 0.1) is 0 Å². The number of hydrogen-bond acceptors (Lipinski definition) is 4. The molecule has 1 saturated heterocycles. The number of aromatic hydroxyl groups is 1. The molecule has 0 aliphatic carbocycles. The van der Waals surface area contributed by atoms with Crippen LogP contribution < -0.4 is 0 Å². The molecule has 1 aliphatic rings. The maximum Gasteiger partial charge on any atom is 0.115 e. The summed E-state index contributed by atoms with van der Waals surface area (Å²) in [5.41, 5.74) is 1.19. The zero-order valence-corrected chi connectivity index (χ0v) is 14.7. The summed E-state index contributed by atoms with van der Waals surface area (Å²) in [4.78, 5) is 5.01. The Kier molecular flexibility index (Phi) is 5.59. The van der Waals surface area contributed by atoms with Gasteiger partial charge in [-0.05, 0) is 49.7 Å². The van der Waals surface area contributed by atoms with Gasteiger partial charge in [0, 0.05) is 38.6 Å². The first-order valence-corrected chi connectivity index (χ1v) is 8.89. The van der Waals surface area contributed by atoms with E-state index in [4.69, 9.17) is 4.42 Å². The third-order valence-corrected chi connectivity index (χ3v) is 4.91. The average molecular weight is 328 g/mol. The summed E-state index contributed by atoms with van der Waals surface area (Å²) in [7, 11) is 0. The molecule has 1 aromatic heterocycles. The van der Waals surface area contributed by atoms with Crippen LogP contribution in [0.2, 0.25) is 0 Å². The highest BCUT2D eigenvalue weighted by atomic mass is 16.3. The molecule has 3 rings (SSSR count). The van der Waals surface area contributed by atoms with Crippen LogP contribution >= 0.6 is 0 Å². The van der Waals surface area contributed by atoms with Crippen LogP contribution in [0.5, 0.6) is 5.75 Å². The van der Waals surface area contributed by atoms with Crippen molar-refractivity contribution in [2.45, 2.75) is 32.7 Å². The van der Waals surface area contributed by atoms with Gasteiger partial charge in [-0.3, -0.25) is 4.90 Å². The van der Waals surface area contributed by atoms with Gasteiger partial charge in [0.25, 0.3) is 0 Å². The first kappa shape index (κ1) is 17.1. The van der Waals surface area contributed by atoms with Crippen LogP contribution in [0.3, 0.4) is 0 Å². The Bertz CT molecular complexity index is 645. The zero-order chi connectivity index (χ0) is 16.9. The number of aryl methyl sites for hydroxylation is 1. The van der Waals surface area contributed by atoms with E-state index in [1.807, 2.05) is 25.1 Å². The zero-order valence-electron chi connectivity index (χ0n) is 14.7. The van der Waals surface area contributed by atoms with E-state index in [1.165, 1.54) is 5.56 Å². The number of benzene rings is 1. The molecule has 0 spiro atoms. The van der Waals surface area contributed by atoms with Gasteiger partial charge >= 0.3 is 0 Å². The lowest BCUT2D eigenvalue weighted by Crippen LogP contribution is -2.46.